The predicted octanol–water partition coefficient (Wildman–Crippen LogP) is 3.28. The molecule has 4 rings (SSSR count). The number of hydrogen-bond donors (Lipinski definition) is 0. The molecule has 2 aromatic heterocycles. The lowest BCUT2D eigenvalue weighted by molar-refractivity contribution is -0.0441. The molecular weight excluding hydrogens is 364 g/mol. The number of nitrogens with zero attached hydrogens (tertiary/aromatic N) is 2. The van der Waals surface area contributed by atoms with Crippen LogP contribution >= 0.6 is 11.6 Å². The van der Waals surface area contributed by atoms with E-state index in [-0.39, 0.29) is 10.5 Å². The van der Waals surface area contributed by atoms with Crippen molar-refractivity contribution in [1.82, 2.24) is 8.96 Å². The van der Waals surface area contributed by atoms with E-state index in [4.69, 9.17) is 21.1 Å². The van der Waals surface area contributed by atoms with Crippen molar-refractivity contribution in [3.8, 4) is 0 Å². The predicted molar refractivity (Wildman–Crippen MR) is 93.2 cm³/mol. The number of aryl methyl sites for hydroxylation is 1. The van der Waals surface area contributed by atoms with E-state index in [0.717, 1.165) is 0 Å². The molecule has 0 aliphatic carbocycles. The number of rotatable bonds is 3. The minimum atomic E-state index is -3.77. The molecule has 0 atom stereocenters. The summed E-state index contributed by atoms with van der Waals surface area (Å²) in [6.45, 7) is 2.68. The molecule has 1 fully saturated rings. The maximum absolute atomic E-state index is 13.0. The Morgan fingerprint density at radius 1 is 1.20 bits per heavy atom. The SMILES string of the molecule is Cc1cc2c(Cl)c(C3OCCO3)cnc2n1S(=O)(=O)c1ccccc1. The number of benzene rings is 1. The van der Waals surface area contributed by atoms with Crippen LogP contribution in [0.5, 0.6) is 0 Å². The molecule has 0 unspecified atom stereocenters. The van der Waals surface area contributed by atoms with Crippen LogP contribution in [0.4, 0.5) is 0 Å². The number of halogens is 1. The molecule has 8 heteroatoms. The second kappa shape index (κ2) is 6.10. The smallest absolute Gasteiger partial charge is 0.269 e. The molecule has 6 nitrogen and oxygen atoms in total. The van der Waals surface area contributed by atoms with Crippen molar-refractivity contribution < 1.29 is 17.9 Å². The molecule has 1 aromatic carbocycles. The van der Waals surface area contributed by atoms with Gasteiger partial charge in [-0.1, -0.05) is 29.8 Å². The topological polar surface area (TPSA) is 70.4 Å². The van der Waals surface area contributed by atoms with Gasteiger partial charge in [0.25, 0.3) is 10.0 Å². The Bertz CT molecular complexity index is 1040. The van der Waals surface area contributed by atoms with E-state index in [9.17, 15) is 8.42 Å². The molecule has 0 radical (unpaired) electrons. The van der Waals surface area contributed by atoms with Crippen molar-refractivity contribution in [2.75, 3.05) is 13.2 Å². The van der Waals surface area contributed by atoms with Crippen molar-refractivity contribution in [3.63, 3.8) is 0 Å². The first-order valence-corrected chi connectivity index (χ1v) is 9.52. The van der Waals surface area contributed by atoms with Gasteiger partial charge < -0.3 is 9.47 Å². The number of pyridine rings is 1. The zero-order chi connectivity index (χ0) is 17.6. The van der Waals surface area contributed by atoms with Gasteiger partial charge in [0.1, 0.15) is 0 Å². The first-order valence-electron chi connectivity index (χ1n) is 7.70. The molecular formula is C17H15ClN2O4S. The second-order valence-electron chi connectivity index (χ2n) is 5.71. The minimum Gasteiger partial charge on any atom is -0.346 e. The highest BCUT2D eigenvalue weighted by molar-refractivity contribution is 7.90. The summed E-state index contributed by atoms with van der Waals surface area (Å²) in [6.07, 6.45) is 0.940. The highest BCUT2D eigenvalue weighted by Crippen LogP contribution is 2.36. The van der Waals surface area contributed by atoms with Crippen LogP contribution in [0.3, 0.4) is 0 Å². The maximum Gasteiger partial charge on any atom is 0.269 e. The monoisotopic (exact) mass is 378 g/mol. The third-order valence-electron chi connectivity index (χ3n) is 4.08. The third kappa shape index (κ3) is 2.64. The Balaban J connectivity index is 1.92. The van der Waals surface area contributed by atoms with Gasteiger partial charge in [-0.05, 0) is 25.1 Å². The number of hydrogen-bond acceptors (Lipinski definition) is 5. The Morgan fingerprint density at radius 2 is 1.88 bits per heavy atom. The van der Waals surface area contributed by atoms with E-state index >= 15 is 0 Å². The molecule has 130 valence electrons. The fourth-order valence-electron chi connectivity index (χ4n) is 2.94. The molecule has 0 amide bonds. The van der Waals surface area contributed by atoms with Crippen molar-refractivity contribution in [2.24, 2.45) is 0 Å². The molecule has 1 aliphatic rings. The number of aromatic nitrogens is 2. The molecule has 1 aliphatic heterocycles. The fourth-order valence-corrected chi connectivity index (χ4v) is 4.73. The molecule has 1 saturated heterocycles. The van der Waals surface area contributed by atoms with Gasteiger partial charge in [0.15, 0.2) is 11.9 Å². The first kappa shape index (κ1) is 16.5. The average molecular weight is 379 g/mol. The highest BCUT2D eigenvalue weighted by Gasteiger charge is 2.27. The average Bonchev–Trinajstić information content (AvgIpc) is 3.24. The van der Waals surface area contributed by atoms with Gasteiger partial charge in [-0.15, -0.1) is 0 Å². The van der Waals surface area contributed by atoms with Gasteiger partial charge in [-0.2, -0.15) is 0 Å². The summed E-state index contributed by atoms with van der Waals surface area (Å²) in [7, 11) is -3.77. The van der Waals surface area contributed by atoms with E-state index in [1.165, 1.54) is 10.2 Å². The lowest BCUT2D eigenvalue weighted by Gasteiger charge is -2.12. The quantitative estimate of drug-likeness (QED) is 0.699. The normalized spacial score (nSPS) is 15.9. The van der Waals surface area contributed by atoms with Gasteiger partial charge in [-0.3, -0.25) is 0 Å². The summed E-state index contributed by atoms with van der Waals surface area (Å²) in [5, 5.41) is 0.942. The lowest BCUT2D eigenvalue weighted by Crippen LogP contribution is -2.15. The van der Waals surface area contributed by atoms with E-state index in [0.29, 0.717) is 34.9 Å². The summed E-state index contributed by atoms with van der Waals surface area (Å²) >= 11 is 6.49. The van der Waals surface area contributed by atoms with Crippen molar-refractivity contribution >= 4 is 32.7 Å². The standard InChI is InChI=1S/C17H15ClN2O4S/c1-11-9-13-15(18)14(17-23-7-8-24-17)10-19-16(13)20(11)25(21,22)12-5-3-2-4-6-12/h2-6,9-10,17H,7-8H2,1H3. The van der Waals surface area contributed by atoms with Crippen LogP contribution in [0.2, 0.25) is 5.02 Å². The maximum atomic E-state index is 13.0. The van der Waals surface area contributed by atoms with Crippen LogP contribution < -0.4 is 0 Å². The lowest BCUT2D eigenvalue weighted by atomic mass is 10.2. The largest absolute Gasteiger partial charge is 0.346 e. The molecule has 0 saturated carbocycles. The van der Waals surface area contributed by atoms with E-state index in [1.54, 1.807) is 43.3 Å². The molecule has 25 heavy (non-hydrogen) atoms. The van der Waals surface area contributed by atoms with Crippen LogP contribution in [0.15, 0.2) is 47.5 Å². The molecule has 0 spiro atoms. The van der Waals surface area contributed by atoms with Crippen LogP contribution in [0.1, 0.15) is 17.5 Å². The third-order valence-corrected chi connectivity index (χ3v) is 6.31. The van der Waals surface area contributed by atoms with Gasteiger partial charge in [-0.25, -0.2) is 17.4 Å². The Morgan fingerprint density at radius 3 is 2.56 bits per heavy atom. The summed E-state index contributed by atoms with van der Waals surface area (Å²) in [4.78, 5) is 4.53. The Kier molecular flexibility index (Phi) is 4.04. The van der Waals surface area contributed by atoms with Crippen LogP contribution in [-0.4, -0.2) is 30.6 Å². The zero-order valence-corrected chi connectivity index (χ0v) is 14.9. The van der Waals surface area contributed by atoms with Gasteiger partial charge in [0.05, 0.1) is 23.1 Å². The highest BCUT2D eigenvalue weighted by atomic mass is 35.5. The molecule has 3 aromatic rings. The van der Waals surface area contributed by atoms with Gasteiger partial charge in [0, 0.05) is 22.8 Å². The number of fused-ring (bicyclic) bond motifs is 1. The first-order chi connectivity index (χ1) is 12.0. The van der Waals surface area contributed by atoms with Gasteiger partial charge >= 0.3 is 0 Å². The van der Waals surface area contributed by atoms with Crippen molar-refractivity contribution in [2.45, 2.75) is 18.1 Å². The van der Waals surface area contributed by atoms with Crippen LogP contribution in [0, 0.1) is 6.92 Å². The van der Waals surface area contributed by atoms with Crippen LogP contribution in [0.25, 0.3) is 11.0 Å². The molecule has 3 heterocycles. The Hall–Kier alpha value is -1.93. The molecule has 0 bridgehead atoms. The minimum absolute atomic E-state index is 0.194. The summed E-state index contributed by atoms with van der Waals surface area (Å²) in [5.41, 5.74) is 1.41. The summed E-state index contributed by atoms with van der Waals surface area (Å²) in [5.74, 6) is 0. The fraction of sp³-hybridized carbons (Fsp3) is 0.235. The van der Waals surface area contributed by atoms with Crippen LogP contribution in [-0.2, 0) is 19.5 Å². The van der Waals surface area contributed by atoms with Gasteiger partial charge in [0.2, 0.25) is 0 Å². The summed E-state index contributed by atoms with van der Waals surface area (Å²) < 4.78 is 38.2. The molecule has 0 N–H and O–H groups in total. The van der Waals surface area contributed by atoms with Crippen molar-refractivity contribution in [3.05, 3.63) is 58.9 Å². The van der Waals surface area contributed by atoms with E-state index in [2.05, 4.69) is 4.98 Å². The van der Waals surface area contributed by atoms with E-state index in [1.807, 2.05) is 0 Å². The second-order valence-corrected chi connectivity index (χ2v) is 7.87. The summed E-state index contributed by atoms with van der Waals surface area (Å²) in [6, 6.07) is 9.95. The zero-order valence-electron chi connectivity index (χ0n) is 13.3. The Labute approximate surface area is 150 Å². The van der Waals surface area contributed by atoms with E-state index < -0.39 is 16.3 Å². The number of ether oxygens (including phenoxy) is 2. The van der Waals surface area contributed by atoms with Crippen molar-refractivity contribution in [1.29, 1.82) is 0 Å².